The molecule has 2 atom stereocenters. The van der Waals surface area contributed by atoms with Crippen LogP contribution < -0.4 is 9.46 Å². The Kier molecular flexibility index (Phi) is 4.70. The summed E-state index contributed by atoms with van der Waals surface area (Å²) in [6.45, 7) is 1.70. The first-order valence-electron chi connectivity index (χ1n) is 7.92. The van der Waals surface area contributed by atoms with E-state index in [1.54, 1.807) is 6.92 Å². The van der Waals surface area contributed by atoms with Crippen molar-refractivity contribution in [2.75, 3.05) is 7.11 Å². The summed E-state index contributed by atoms with van der Waals surface area (Å²) >= 11 is 0. The lowest BCUT2D eigenvalue weighted by atomic mass is 10.2. The molecule has 1 aliphatic heterocycles. The minimum Gasteiger partial charge on any atom is -0.495 e. The third-order valence-electron chi connectivity index (χ3n) is 3.96. The first-order valence-corrected chi connectivity index (χ1v) is 9.40. The minimum atomic E-state index is -3.82. The lowest BCUT2D eigenvalue weighted by Gasteiger charge is -2.13. The summed E-state index contributed by atoms with van der Waals surface area (Å²) in [7, 11) is -2.47. The smallest absolute Gasteiger partial charge is 0.347 e. The minimum absolute atomic E-state index is 0.0179. The maximum atomic E-state index is 12.5. The van der Waals surface area contributed by atoms with E-state index in [1.807, 2.05) is 0 Å². The van der Waals surface area contributed by atoms with Crippen molar-refractivity contribution in [1.82, 2.24) is 4.72 Å². The second kappa shape index (κ2) is 6.64. The van der Waals surface area contributed by atoms with Gasteiger partial charge in [0.1, 0.15) is 16.7 Å². The second-order valence-electron chi connectivity index (χ2n) is 6.14. The van der Waals surface area contributed by atoms with E-state index in [1.165, 1.54) is 25.3 Å². The number of methoxy groups -OCH3 is 1. The molecule has 1 N–H and O–H groups in total. The number of benzene rings is 1. The summed E-state index contributed by atoms with van der Waals surface area (Å²) in [5.41, 5.74) is 0.0179. The van der Waals surface area contributed by atoms with Crippen LogP contribution in [-0.4, -0.2) is 45.7 Å². The van der Waals surface area contributed by atoms with Gasteiger partial charge >= 0.3 is 11.9 Å². The zero-order chi connectivity index (χ0) is 18.2. The molecule has 0 bridgehead atoms. The van der Waals surface area contributed by atoms with Crippen LogP contribution in [0.3, 0.4) is 0 Å². The third-order valence-corrected chi connectivity index (χ3v) is 5.51. The molecule has 1 saturated heterocycles. The van der Waals surface area contributed by atoms with E-state index in [9.17, 15) is 18.0 Å². The normalized spacial score (nSPS) is 23.2. The Morgan fingerprint density at radius 1 is 1.32 bits per heavy atom. The summed E-state index contributed by atoms with van der Waals surface area (Å²) in [5.74, 6) is -1.27. The van der Waals surface area contributed by atoms with Gasteiger partial charge in [0.2, 0.25) is 16.1 Å². The molecule has 0 unspecified atom stereocenters. The van der Waals surface area contributed by atoms with E-state index in [0.717, 1.165) is 12.8 Å². The zero-order valence-electron chi connectivity index (χ0n) is 13.9. The van der Waals surface area contributed by atoms with Gasteiger partial charge in [-0.25, -0.2) is 22.7 Å². The number of carbonyl (C=O) groups is 2. The molecule has 1 aromatic rings. The molecule has 8 nitrogen and oxygen atoms in total. The van der Waals surface area contributed by atoms with Gasteiger partial charge in [-0.1, -0.05) is 0 Å². The zero-order valence-corrected chi connectivity index (χ0v) is 14.7. The van der Waals surface area contributed by atoms with Crippen LogP contribution in [0.15, 0.2) is 23.1 Å². The van der Waals surface area contributed by atoms with Gasteiger partial charge in [0.05, 0.1) is 12.7 Å². The molecule has 3 rings (SSSR count). The van der Waals surface area contributed by atoms with Crippen LogP contribution in [0, 0.1) is 0 Å². The number of esters is 2. The van der Waals surface area contributed by atoms with Crippen molar-refractivity contribution in [2.45, 2.75) is 49.3 Å². The topological polar surface area (TPSA) is 108 Å². The molecule has 0 aromatic heterocycles. The van der Waals surface area contributed by atoms with Crippen molar-refractivity contribution in [3.63, 3.8) is 0 Å². The van der Waals surface area contributed by atoms with Gasteiger partial charge in [-0.2, -0.15) is 0 Å². The lowest BCUT2D eigenvalue weighted by molar-refractivity contribution is -0.147. The number of rotatable bonds is 6. The Labute approximate surface area is 145 Å². The van der Waals surface area contributed by atoms with Gasteiger partial charge in [0.25, 0.3) is 0 Å². The number of nitrogens with one attached hydrogen (secondary N) is 1. The SMILES string of the molecule is COc1ccc(C(=O)O[C@@H]2C[C@H](C)OC2=O)cc1S(=O)(=O)NC1CC1. The van der Waals surface area contributed by atoms with Crippen molar-refractivity contribution < 1.29 is 32.2 Å². The van der Waals surface area contributed by atoms with Crippen molar-refractivity contribution in [3.05, 3.63) is 23.8 Å². The fraction of sp³-hybridized carbons (Fsp3) is 0.500. The Bertz CT molecular complexity index is 801. The molecule has 0 amide bonds. The number of hydrogen-bond acceptors (Lipinski definition) is 7. The largest absolute Gasteiger partial charge is 0.495 e. The van der Waals surface area contributed by atoms with Crippen LogP contribution >= 0.6 is 0 Å². The number of carbonyl (C=O) groups excluding carboxylic acids is 2. The highest BCUT2D eigenvalue weighted by Gasteiger charge is 2.36. The number of sulfonamides is 1. The Morgan fingerprint density at radius 2 is 2.04 bits per heavy atom. The molecular weight excluding hydrogens is 350 g/mol. The average molecular weight is 369 g/mol. The molecule has 1 heterocycles. The fourth-order valence-electron chi connectivity index (χ4n) is 2.51. The van der Waals surface area contributed by atoms with Gasteiger partial charge < -0.3 is 14.2 Å². The summed E-state index contributed by atoms with van der Waals surface area (Å²) in [6, 6.07) is 3.88. The highest BCUT2D eigenvalue weighted by Crippen LogP contribution is 2.29. The van der Waals surface area contributed by atoms with E-state index < -0.39 is 28.1 Å². The highest BCUT2D eigenvalue weighted by atomic mass is 32.2. The Hall–Kier alpha value is -2.13. The molecular formula is C16H19NO7S. The molecule has 0 radical (unpaired) electrons. The van der Waals surface area contributed by atoms with Crippen molar-refractivity contribution in [2.24, 2.45) is 0 Å². The first-order chi connectivity index (χ1) is 11.8. The standard InChI is InChI=1S/C16H19NO7S/c1-9-7-13(16(19)23-9)24-15(18)10-3-6-12(22-2)14(8-10)25(20,21)17-11-4-5-11/h3,6,8-9,11,13,17H,4-5,7H2,1-2H3/t9-,13+/m0/s1. The molecule has 25 heavy (non-hydrogen) atoms. The molecule has 2 fully saturated rings. The third kappa shape index (κ3) is 3.93. The number of hydrogen-bond donors (Lipinski definition) is 1. The van der Waals surface area contributed by atoms with Crippen LogP contribution in [0.4, 0.5) is 0 Å². The molecule has 136 valence electrons. The van der Waals surface area contributed by atoms with Crippen LogP contribution in [0.25, 0.3) is 0 Å². The van der Waals surface area contributed by atoms with Gasteiger partial charge in [-0.3, -0.25) is 0 Å². The molecule has 9 heteroatoms. The monoisotopic (exact) mass is 369 g/mol. The van der Waals surface area contributed by atoms with Gasteiger partial charge in [-0.15, -0.1) is 0 Å². The van der Waals surface area contributed by atoms with Crippen LogP contribution in [0.5, 0.6) is 5.75 Å². The molecule has 2 aliphatic rings. The van der Waals surface area contributed by atoms with Crippen LogP contribution in [0.1, 0.15) is 36.5 Å². The van der Waals surface area contributed by atoms with E-state index in [4.69, 9.17) is 14.2 Å². The molecule has 1 aliphatic carbocycles. The van der Waals surface area contributed by atoms with Gasteiger partial charge in [0, 0.05) is 12.5 Å². The molecule has 1 saturated carbocycles. The Balaban J connectivity index is 1.83. The van der Waals surface area contributed by atoms with E-state index in [0.29, 0.717) is 0 Å². The highest BCUT2D eigenvalue weighted by molar-refractivity contribution is 7.89. The predicted molar refractivity (Wildman–Crippen MR) is 85.7 cm³/mol. The average Bonchev–Trinajstić information content (AvgIpc) is 3.30. The van der Waals surface area contributed by atoms with Gasteiger partial charge in [-0.05, 0) is 38.0 Å². The van der Waals surface area contributed by atoms with Crippen LogP contribution in [-0.2, 0) is 24.3 Å². The van der Waals surface area contributed by atoms with Gasteiger partial charge in [0.15, 0.2) is 0 Å². The fourth-order valence-corrected chi connectivity index (χ4v) is 4.01. The van der Waals surface area contributed by atoms with Crippen LogP contribution in [0.2, 0.25) is 0 Å². The maximum absolute atomic E-state index is 12.5. The maximum Gasteiger partial charge on any atom is 0.347 e. The summed E-state index contributed by atoms with van der Waals surface area (Å²) < 4.78 is 42.6. The quantitative estimate of drug-likeness (QED) is 0.745. The van der Waals surface area contributed by atoms with E-state index in [-0.39, 0.29) is 34.8 Å². The summed E-state index contributed by atoms with van der Waals surface area (Å²) in [6.07, 6.45) is 0.542. The van der Waals surface area contributed by atoms with Crippen molar-refractivity contribution in [1.29, 1.82) is 0 Å². The number of cyclic esters (lactones) is 1. The van der Waals surface area contributed by atoms with E-state index >= 15 is 0 Å². The lowest BCUT2D eigenvalue weighted by Crippen LogP contribution is -2.27. The second-order valence-corrected chi connectivity index (χ2v) is 7.82. The summed E-state index contributed by atoms with van der Waals surface area (Å²) in [5, 5.41) is 0. The molecule has 0 spiro atoms. The summed E-state index contributed by atoms with van der Waals surface area (Å²) in [4.78, 5) is 23.7. The molecule has 1 aromatic carbocycles. The Morgan fingerprint density at radius 3 is 2.60 bits per heavy atom. The van der Waals surface area contributed by atoms with Crippen molar-refractivity contribution in [3.8, 4) is 5.75 Å². The number of ether oxygens (including phenoxy) is 3. The van der Waals surface area contributed by atoms with Crippen molar-refractivity contribution >= 4 is 22.0 Å². The predicted octanol–water partition coefficient (Wildman–Crippen LogP) is 0.997. The first kappa shape index (κ1) is 17.7. The van der Waals surface area contributed by atoms with E-state index in [2.05, 4.69) is 4.72 Å².